The van der Waals surface area contributed by atoms with Gasteiger partial charge in [0.15, 0.2) is 15.8 Å². The maximum atomic E-state index is 12.5. The summed E-state index contributed by atoms with van der Waals surface area (Å²) in [5.41, 5.74) is 0. The van der Waals surface area contributed by atoms with E-state index in [1.807, 2.05) is 6.92 Å². The first kappa shape index (κ1) is 22.3. The molecule has 10 heteroatoms. The molecule has 0 aromatic rings. The number of rotatable bonds is 7. The monoisotopic (exact) mass is 410 g/mol. The Morgan fingerprint density at radius 1 is 1.30 bits per heavy atom. The number of hydrogen-bond donors (Lipinski definition) is 2. The maximum Gasteiger partial charge on any atom is 0.251 e. The first-order chi connectivity index (χ1) is 12.8. The van der Waals surface area contributed by atoms with Crippen molar-refractivity contribution in [2.45, 2.75) is 49.8 Å². The molecule has 2 N–H and O–H groups in total. The van der Waals surface area contributed by atoms with Crippen molar-refractivity contribution in [3.05, 3.63) is 0 Å². The lowest BCUT2D eigenvalue weighted by molar-refractivity contribution is 0.0743. The molecule has 0 aromatic heterocycles. The number of guanidine groups is 1. The zero-order chi connectivity index (χ0) is 19.9. The lowest BCUT2D eigenvalue weighted by Gasteiger charge is -2.35. The summed E-state index contributed by atoms with van der Waals surface area (Å²) in [7, 11) is -3.27. The first-order valence-electron chi connectivity index (χ1n) is 9.58. The van der Waals surface area contributed by atoms with Crippen LogP contribution in [0.25, 0.3) is 0 Å². The number of likely N-dealkylation sites (tertiary alicyclic amines) is 1. The number of piperidine rings is 1. The fourth-order valence-electron chi connectivity index (χ4n) is 3.58. The Bertz CT molecular complexity index is 587. The lowest BCUT2D eigenvalue weighted by atomic mass is 9.99. The van der Waals surface area contributed by atoms with Gasteiger partial charge in [-0.2, -0.15) is 0 Å². The number of nitrogens with zero attached hydrogens (tertiary/aromatic N) is 2. The van der Waals surface area contributed by atoms with Crippen LogP contribution in [-0.2, 0) is 14.6 Å². The molecule has 2 aliphatic rings. The fraction of sp³-hybridized carbons (Fsp3) is 0.941. The van der Waals surface area contributed by atoms with Crippen molar-refractivity contribution in [2.75, 3.05) is 52.2 Å². The number of aliphatic imine (C=N–C) groups is 1. The molecule has 0 radical (unpaired) electrons. The van der Waals surface area contributed by atoms with Gasteiger partial charge >= 0.3 is 0 Å². The van der Waals surface area contributed by atoms with Gasteiger partial charge in [-0.15, -0.1) is 0 Å². The zero-order valence-corrected chi connectivity index (χ0v) is 17.0. The molecule has 2 aliphatic heterocycles. The maximum absolute atomic E-state index is 12.5. The molecule has 0 saturated carbocycles. The highest BCUT2D eigenvalue weighted by atomic mass is 32.2. The number of sulfone groups is 1. The van der Waals surface area contributed by atoms with Gasteiger partial charge in [-0.1, -0.05) is 0 Å². The third-order valence-electron chi connectivity index (χ3n) is 5.38. The van der Waals surface area contributed by atoms with E-state index in [2.05, 4.69) is 15.6 Å². The number of ether oxygens (including phenoxy) is 1. The largest absolute Gasteiger partial charge is 0.381 e. The SMILES string of the molecule is CCNC(=NCC1(S(C)(=O)=O)CCOCC1)NC1CCN(CC(F)F)CC1. The normalized spacial score (nSPS) is 22.8. The van der Waals surface area contributed by atoms with Crippen LogP contribution < -0.4 is 10.6 Å². The average Bonchev–Trinajstić information content (AvgIpc) is 2.61. The van der Waals surface area contributed by atoms with Gasteiger partial charge in [-0.05, 0) is 32.6 Å². The van der Waals surface area contributed by atoms with Gasteiger partial charge in [0.1, 0.15) is 0 Å². The van der Waals surface area contributed by atoms with Crippen molar-refractivity contribution in [2.24, 2.45) is 4.99 Å². The van der Waals surface area contributed by atoms with Crippen LogP contribution in [-0.4, -0.2) is 88.7 Å². The summed E-state index contributed by atoms with van der Waals surface area (Å²) in [6.45, 7) is 4.70. The van der Waals surface area contributed by atoms with Crippen molar-refractivity contribution >= 4 is 15.8 Å². The summed E-state index contributed by atoms with van der Waals surface area (Å²) in [5, 5.41) is 6.50. The molecule has 7 nitrogen and oxygen atoms in total. The van der Waals surface area contributed by atoms with E-state index in [4.69, 9.17) is 4.74 Å². The van der Waals surface area contributed by atoms with Crippen molar-refractivity contribution in [1.29, 1.82) is 0 Å². The van der Waals surface area contributed by atoms with E-state index in [1.165, 1.54) is 6.26 Å². The molecule has 0 aromatic carbocycles. The van der Waals surface area contributed by atoms with Gasteiger partial charge in [0, 0.05) is 45.1 Å². The smallest absolute Gasteiger partial charge is 0.251 e. The Labute approximate surface area is 160 Å². The van der Waals surface area contributed by atoms with Crippen molar-refractivity contribution in [3.8, 4) is 0 Å². The van der Waals surface area contributed by atoms with Crippen LogP contribution in [0.4, 0.5) is 8.78 Å². The second kappa shape index (κ2) is 9.97. The molecule has 158 valence electrons. The van der Waals surface area contributed by atoms with Gasteiger partial charge in [0.2, 0.25) is 0 Å². The molecule has 2 saturated heterocycles. The van der Waals surface area contributed by atoms with Crippen LogP contribution in [0, 0.1) is 0 Å². The molecule has 0 aliphatic carbocycles. The number of hydrogen-bond acceptors (Lipinski definition) is 5. The Morgan fingerprint density at radius 3 is 2.44 bits per heavy atom. The van der Waals surface area contributed by atoms with Gasteiger partial charge in [-0.25, -0.2) is 17.2 Å². The van der Waals surface area contributed by atoms with Crippen LogP contribution in [0.1, 0.15) is 32.6 Å². The summed E-state index contributed by atoms with van der Waals surface area (Å²) in [6, 6.07) is 0.139. The van der Waals surface area contributed by atoms with E-state index in [-0.39, 0.29) is 19.1 Å². The molecule has 0 unspecified atom stereocenters. The van der Waals surface area contributed by atoms with Gasteiger partial charge in [0.25, 0.3) is 6.43 Å². The minimum Gasteiger partial charge on any atom is -0.381 e. The van der Waals surface area contributed by atoms with E-state index in [9.17, 15) is 17.2 Å². The topological polar surface area (TPSA) is 83.0 Å². The van der Waals surface area contributed by atoms with Crippen LogP contribution in [0.5, 0.6) is 0 Å². The second-order valence-corrected chi connectivity index (χ2v) is 9.78. The van der Waals surface area contributed by atoms with E-state index >= 15 is 0 Å². The van der Waals surface area contributed by atoms with Gasteiger partial charge in [0.05, 0.1) is 17.8 Å². The first-order valence-corrected chi connectivity index (χ1v) is 11.5. The number of halogens is 2. The molecule has 0 spiro atoms. The third kappa shape index (κ3) is 6.53. The Kier molecular flexibility index (Phi) is 8.23. The number of nitrogens with one attached hydrogen (secondary N) is 2. The molecule has 0 amide bonds. The summed E-state index contributed by atoms with van der Waals surface area (Å²) in [6.07, 6.45) is 1.36. The quantitative estimate of drug-likeness (QED) is 0.479. The molecular weight excluding hydrogens is 378 g/mol. The lowest BCUT2D eigenvalue weighted by Crippen LogP contribution is -2.51. The number of alkyl halides is 2. The van der Waals surface area contributed by atoms with E-state index in [0.29, 0.717) is 51.6 Å². The van der Waals surface area contributed by atoms with Crippen molar-refractivity contribution in [3.63, 3.8) is 0 Å². The molecule has 27 heavy (non-hydrogen) atoms. The van der Waals surface area contributed by atoms with Crippen molar-refractivity contribution in [1.82, 2.24) is 15.5 Å². The minimum absolute atomic E-state index is 0.139. The molecule has 2 heterocycles. The third-order valence-corrected chi connectivity index (χ3v) is 7.50. The van der Waals surface area contributed by atoms with Crippen LogP contribution in [0.2, 0.25) is 0 Å². The Hall–Kier alpha value is -1.00. The summed E-state index contributed by atoms with van der Waals surface area (Å²) < 4.78 is 54.2. The summed E-state index contributed by atoms with van der Waals surface area (Å²) in [4.78, 5) is 6.33. The van der Waals surface area contributed by atoms with Gasteiger partial charge < -0.3 is 15.4 Å². The van der Waals surface area contributed by atoms with E-state index in [1.54, 1.807) is 4.90 Å². The average molecular weight is 411 g/mol. The molecule has 2 rings (SSSR count). The Balaban J connectivity index is 1.97. The highest BCUT2D eigenvalue weighted by Gasteiger charge is 2.42. The van der Waals surface area contributed by atoms with Crippen LogP contribution >= 0.6 is 0 Å². The highest BCUT2D eigenvalue weighted by Crippen LogP contribution is 2.29. The highest BCUT2D eigenvalue weighted by molar-refractivity contribution is 7.92. The molecule has 0 atom stereocenters. The molecule has 0 bridgehead atoms. The predicted octanol–water partition coefficient (Wildman–Crippen LogP) is 0.865. The Morgan fingerprint density at radius 2 is 1.93 bits per heavy atom. The predicted molar refractivity (Wildman–Crippen MR) is 102 cm³/mol. The standard InChI is InChI=1S/C17H32F2N4O3S/c1-3-20-16(22-14-4-8-23(9-5-14)12-15(18)19)21-13-17(27(2,24)25)6-10-26-11-7-17/h14-15H,3-13H2,1-2H3,(H2,20,21,22). The molecular formula is C17H32F2N4O3S. The van der Waals surface area contributed by atoms with E-state index < -0.39 is 21.0 Å². The summed E-state index contributed by atoms with van der Waals surface area (Å²) >= 11 is 0. The fourth-order valence-corrected chi connectivity index (χ4v) is 4.79. The van der Waals surface area contributed by atoms with Crippen molar-refractivity contribution < 1.29 is 21.9 Å². The summed E-state index contributed by atoms with van der Waals surface area (Å²) in [5.74, 6) is 0.583. The van der Waals surface area contributed by atoms with Crippen LogP contribution in [0.3, 0.4) is 0 Å². The van der Waals surface area contributed by atoms with E-state index in [0.717, 1.165) is 12.8 Å². The minimum atomic E-state index is -3.27. The molecule has 2 fully saturated rings. The second-order valence-electron chi connectivity index (χ2n) is 7.37. The van der Waals surface area contributed by atoms with Crippen LogP contribution in [0.15, 0.2) is 4.99 Å². The van der Waals surface area contributed by atoms with Gasteiger partial charge in [-0.3, -0.25) is 9.89 Å². The zero-order valence-electron chi connectivity index (χ0n) is 16.2.